The summed E-state index contributed by atoms with van der Waals surface area (Å²) in [4.78, 5) is 20.5. The summed E-state index contributed by atoms with van der Waals surface area (Å²) in [5.41, 5.74) is 8.19. The van der Waals surface area contributed by atoms with Crippen molar-refractivity contribution < 1.29 is 4.74 Å². The fourth-order valence-corrected chi connectivity index (χ4v) is 7.37. The van der Waals surface area contributed by atoms with Gasteiger partial charge in [-0.3, -0.25) is 4.99 Å². The zero-order valence-corrected chi connectivity index (χ0v) is 27.5. The Labute approximate surface area is 295 Å². The van der Waals surface area contributed by atoms with E-state index in [9.17, 15) is 0 Å². The molecule has 0 amide bonds. The second-order valence-corrected chi connectivity index (χ2v) is 13.0. The van der Waals surface area contributed by atoms with Crippen LogP contribution in [0.15, 0.2) is 175 Å². The van der Waals surface area contributed by atoms with Crippen molar-refractivity contribution >= 4 is 16.3 Å². The summed E-state index contributed by atoms with van der Waals surface area (Å²) in [6.07, 6.45) is -0.282. The second kappa shape index (κ2) is 12.0. The highest BCUT2D eigenvalue weighted by Gasteiger charge is 2.39. The molecular formula is C46H30N4O. The topological polar surface area (TPSA) is 60.3 Å². The summed E-state index contributed by atoms with van der Waals surface area (Å²) in [6, 6.07) is 58.5. The van der Waals surface area contributed by atoms with E-state index in [2.05, 4.69) is 97.1 Å². The number of ether oxygens (including phenoxy) is 1. The van der Waals surface area contributed by atoms with Crippen LogP contribution < -0.4 is 15.3 Å². The number of para-hydroxylation sites is 2. The van der Waals surface area contributed by atoms with Crippen molar-refractivity contribution in [1.29, 1.82) is 0 Å². The van der Waals surface area contributed by atoms with Gasteiger partial charge in [0.05, 0.1) is 5.36 Å². The molecule has 2 aliphatic heterocycles. The average molecular weight is 655 g/mol. The molecule has 0 fully saturated rings. The van der Waals surface area contributed by atoms with Crippen molar-refractivity contribution in [1.82, 2.24) is 15.0 Å². The number of rotatable bonds is 5. The van der Waals surface area contributed by atoms with Crippen molar-refractivity contribution in [2.24, 2.45) is 4.99 Å². The van der Waals surface area contributed by atoms with Crippen LogP contribution >= 0.6 is 0 Å². The molecule has 0 aliphatic carbocycles. The van der Waals surface area contributed by atoms with E-state index in [1.54, 1.807) is 0 Å². The Bertz CT molecular complexity index is 2690. The van der Waals surface area contributed by atoms with Gasteiger partial charge in [0.2, 0.25) is 0 Å². The zero-order chi connectivity index (χ0) is 33.7. The van der Waals surface area contributed by atoms with Crippen LogP contribution in [-0.4, -0.2) is 21.1 Å². The molecule has 0 bridgehead atoms. The number of nitrogens with zero attached hydrogens (tertiary/aromatic N) is 4. The minimum absolute atomic E-state index is 0.148. The highest BCUT2D eigenvalue weighted by atomic mass is 16.5. The van der Waals surface area contributed by atoms with Gasteiger partial charge < -0.3 is 4.74 Å². The SMILES string of the molecule is c1ccc(-c2nc(-c3ccccc3)nc(-c3cc(C4=c5ccccc5=NC5c6ccccc6OC45)cc(-c4ccc5ccccc5c4)c3)n2)cc1. The molecule has 7 aromatic carbocycles. The molecule has 2 unspecified atom stereocenters. The van der Waals surface area contributed by atoms with Gasteiger partial charge >= 0.3 is 0 Å². The molecule has 0 spiro atoms. The van der Waals surface area contributed by atoms with Crippen LogP contribution in [0.5, 0.6) is 5.75 Å². The van der Waals surface area contributed by atoms with E-state index in [1.807, 2.05) is 72.8 Å². The van der Waals surface area contributed by atoms with Gasteiger partial charge in [-0.25, -0.2) is 15.0 Å². The lowest BCUT2D eigenvalue weighted by atomic mass is 9.87. The van der Waals surface area contributed by atoms with E-state index in [0.29, 0.717) is 17.5 Å². The van der Waals surface area contributed by atoms with E-state index in [0.717, 1.165) is 60.8 Å². The Hall–Kier alpha value is -6.72. The molecule has 8 aromatic rings. The van der Waals surface area contributed by atoms with E-state index < -0.39 is 0 Å². The molecule has 5 heteroatoms. The summed E-state index contributed by atoms with van der Waals surface area (Å²) in [5, 5.41) is 4.42. The molecule has 2 atom stereocenters. The van der Waals surface area contributed by atoms with Crippen LogP contribution in [0, 0.1) is 0 Å². The Morgan fingerprint density at radius 2 is 1.00 bits per heavy atom. The molecule has 0 N–H and O–H groups in total. The fraction of sp³-hybridized carbons (Fsp3) is 0.0435. The quantitative estimate of drug-likeness (QED) is 0.186. The van der Waals surface area contributed by atoms with E-state index in [1.165, 1.54) is 10.8 Å². The van der Waals surface area contributed by atoms with Gasteiger partial charge in [-0.15, -0.1) is 0 Å². The number of hydrogen-bond donors (Lipinski definition) is 0. The lowest BCUT2D eigenvalue weighted by molar-refractivity contribution is 0.262. The third-order valence-electron chi connectivity index (χ3n) is 9.82. The molecule has 10 rings (SSSR count). The van der Waals surface area contributed by atoms with Crippen molar-refractivity contribution in [2.75, 3.05) is 0 Å². The minimum Gasteiger partial charge on any atom is -0.483 e. The smallest absolute Gasteiger partial charge is 0.164 e. The molecule has 2 aliphatic rings. The van der Waals surface area contributed by atoms with Gasteiger partial charge in [-0.2, -0.15) is 0 Å². The Morgan fingerprint density at radius 1 is 0.412 bits per heavy atom. The monoisotopic (exact) mass is 654 g/mol. The van der Waals surface area contributed by atoms with Gasteiger partial charge in [0, 0.05) is 33.0 Å². The fourth-order valence-electron chi connectivity index (χ4n) is 7.37. The maximum Gasteiger partial charge on any atom is 0.164 e. The van der Waals surface area contributed by atoms with E-state index >= 15 is 0 Å². The standard InChI is InChI=1S/C46H30N4O/c1-3-14-30(15-4-1)44-48-45(31-16-5-2-6-17-31)50-46(49-44)36-27-34(33-24-23-29-13-7-8-18-32(29)25-33)26-35(28-36)41-37-19-9-11-21-39(37)47-42-38-20-10-12-22-40(38)51-43(41)42/h1-28,42-43H. The first-order valence-corrected chi connectivity index (χ1v) is 17.2. The highest BCUT2D eigenvalue weighted by Crippen LogP contribution is 2.45. The van der Waals surface area contributed by atoms with E-state index in [-0.39, 0.29) is 12.1 Å². The molecular weight excluding hydrogens is 625 g/mol. The van der Waals surface area contributed by atoms with E-state index in [4.69, 9.17) is 24.7 Å². The van der Waals surface area contributed by atoms with Crippen molar-refractivity contribution in [2.45, 2.75) is 12.1 Å². The molecule has 0 saturated heterocycles. The predicted molar refractivity (Wildman–Crippen MR) is 202 cm³/mol. The number of fused-ring (bicyclic) bond motifs is 5. The summed E-state index contributed by atoms with van der Waals surface area (Å²) < 4.78 is 6.77. The normalized spacial score (nSPS) is 15.7. The predicted octanol–water partition coefficient (Wildman–Crippen LogP) is 9.03. The van der Waals surface area contributed by atoms with Gasteiger partial charge in [-0.1, -0.05) is 133 Å². The van der Waals surface area contributed by atoms with Gasteiger partial charge in [0.1, 0.15) is 11.8 Å². The van der Waals surface area contributed by atoms with Crippen LogP contribution in [0.4, 0.5) is 0 Å². The number of aromatic nitrogens is 3. The summed E-state index contributed by atoms with van der Waals surface area (Å²) in [6.45, 7) is 0. The molecule has 5 nitrogen and oxygen atoms in total. The lowest BCUT2D eigenvalue weighted by Crippen LogP contribution is -2.39. The van der Waals surface area contributed by atoms with Crippen LogP contribution in [-0.2, 0) is 0 Å². The second-order valence-electron chi connectivity index (χ2n) is 13.0. The van der Waals surface area contributed by atoms with Crippen LogP contribution in [0.3, 0.4) is 0 Å². The van der Waals surface area contributed by atoms with Crippen molar-refractivity contribution in [3.8, 4) is 51.0 Å². The Balaban J connectivity index is 1.24. The highest BCUT2D eigenvalue weighted by molar-refractivity contribution is 5.89. The van der Waals surface area contributed by atoms with Crippen LogP contribution in [0.25, 0.3) is 61.6 Å². The first-order valence-electron chi connectivity index (χ1n) is 17.2. The van der Waals surface area contributed by atoms with Gasteiger partial charge in [0.25, 0.3) is 0 Å². The van der Waals surface area contributed by atoms with Crippen LogP contribution in [0.2, 0.25) is 0 Å². The Morgan fingerprint density at radius 3 is 1.76 bits per heavy atom. The van der Waals surface area contributed by atoms with Gasteiger partial charge in [0.15, 0.2) is 23.6 Å². The molecule has 3 heterocycles. The summed E-state index contributed by atoms with van der Waals surface area (Å²) in [5.74, 6) is 2.74. The first-order chi connectivity index (χ1) is 25.2. The van der Waals surface area contributed by atoms with Gasteiger partial charge in [-0.05, 0) is 63.9 Å². The Kier molecular flexibility index (Phi) is 6.88. The maximum absolute atomic E-state index is 6.77. The summed E-state index contributed by atoms with van der Waals surface area (Å²) >= 11 is 0. The number of hydrogen-bond acceptors (Lipinski definition) is 5. The molecule has 0 saturated carbocycles. The molecule has 240 valence electrons. The minimum atomic E-state index is -0.282. The maximum atomic E-state index is 6.77. The van der Waals surface area contributed by atoms with Crippen molar-refractivity contribution in [3.63, 3.8) is 0 Å². The lowest BCUT2D eigenvalue weighted by Gasteiger charge is -2.24. The third kappa shape index (κ3) is 5.18. The molecule has 51 heavy (non-hydrogen) atoms. The summed E-state index contributed by atoms with van der Waals surface area (Å²) in [7, 11) is 0. The first kappa shape index (κ1) is 29.2. The molecule has 0 radical (unpaired) electrons. The molecule has 1 aromatic heterocycles. The zero-order valence-electron chi connectivity index (χ0n) is 27.5. The third-order valence-corrected chi connectivity index (χ3v) is 9.82. The van der Waals surface area contributed by atoms with Crippen molar-refractivity contribution in [3.05, 3.63) is 192 Å². The largest absolute Gasteiger partial charge is 0.483 e. The average Bonchev–Trinajstić information content (AvgIpc) is 3.58. The number of benzene rings is 7. The van der Waals surface area contributed by atoms with Crippen LogP contribution in [0.1, 0.15) is 17.2 Å².